The standard InChI is InChI=1S/C21H24N4O/c1-24-13-14-25(19(15-24)16-7-3-2-4-8-16)21(26)12-11-20-22-17-9-5-6-10-18(17)23-20/h2-10,19H,11-15H2,1H3,(H,22,23)/t19-/m0/s1. The van der Waals surface area contributed by atoms with Crippen LogP contribution in [0.5, 0.6) is 0 Å². The van der Waals surface area contributed by atoms with Crippen LogP contribution in [0, 0.1) is 0 Å². The predicted molar refractivity (Wildman–Crippen MR) is 103 cm³/mol. The number of benzene rings is 2. The highest BCUT2D eigenvalue weighted by molar-refractivity contribution is 5.78. The quantitative estimate of drug-likeness (QED) is 0.788. The minimum Gasteiger partial charge on any atom is -0.342 e. The van der Waals surface area contributed by atoms with E-state index in [1.54, 1.807) is 0 Å². The van der Waals surface area contributed by atoms with E-state index >= 15 is 0 Å². The summed E-state index contributed by atoms with van der Waals surface area (Å²) in [5, 5.41) is 0. The van der Waals surface area contributed by atoms with Crippen LogP contribution < -0.4 is 0 Å². The van der Waals surface area contributed by atoms with Gasteiger partial charge in [0.2, 0.25) is 5.91 Å². The first-order valence-corrected chi connectivity index (χ1v) is 9.17. The minimum absolute atomic E-state index is 0.123. The van der Waals surface area contributed by atoms with Gasteiger partial charge in [0.1, 0.15) is 5.82 Å². The monoisotopic (exact) mass is 348 g/mol. The predicted octanol–water partition coefficient (Wildman–Crippen LogP) is 3.01. The van der Waals surface area contributed by atoms with Gasteiger partial charge in [-0.05, 0) is 24.7 Å². The summed E-state index contributed by atoms with van der Waals surface area (Å²) in [6, 6.07) is 18.4. The number of aromatic nitrogens is 2. The van der Waals surface area contributed by atoms with Crippen LogP contribution in [0.2, 0.25) is 0 Å². The number of piperazine rings is 1. The smallest absolute Gasteiger partial charge is 0.223 e. The minimum atomic E-state index is 0.123. The molecule has 1 aliphatic heterocycles. The molecular formula is C21H24N4O. The highest BCUT2D eigenvalue weighted by Crippen LogP contribution is 2.25. The van der Waals surface area contributed by atoms with Crippen LogP contribution in [-0.2, 0) is 11.2 Å². The number of carbonyl (C=O) groups excluding carboxylic acids is 1. The van der Waals surface area contributed by atoms with Crippen molar-refractivity contribution >= 4 is 16.9 Å². The van der Waals surface area contributed by atoms with Crippen molar-refractivity contribution < 1.29 is 4.79 Å². The molecule has 1 saturated heterocycles. The molecular weight excluding hydrogens is 324 g/mol. The lowest BCUT2D eigenvalue weighted by Gasteiger charge is -2.40. The Morgan fingerprint density at radius 2 is 1.88 bits per heavy atom. The largest absolute Gasteiger partial charge is 0.342 e. The Labute approximate surface area is 153 Å². The van der Waals surface area contributed by atoms with E-state index in [9.17, 15) is 4.79 Å². The number of amides is 1. The third-order valence-electron chi connectivity index (χ3n) is 5.10. The van der Waals surface area contributed by atoms with Crippen LogP contribution in [0.4, 0.5) is 0 Å². The second-order valence-corrected chi connectivity index (χ2v) is 6.98. The molecule has 1 N–H and O–H groups in total. The van der Waals surface area contributed by atoms with Gasteiger partial charge in [-0.25, -0.2) is 4.98 Å². The Morgan fingerprint density at radius 1 is 1.12 bits per heavy atom. The number of aromatic amines is 1. The van der Waals surface area contributed by atoms with Crippen molar-refractivity contribution in [3.63, 3.8) is 0 Å². The van der Waals surface area contributed by atoms with Crippen LogP contribution in [0.1, 0.15) is 23.9 Å². The zero-order valence-corrected chi connectivity index (χ0v) is 15.1. The van der Waals surface area contributed by atoms with Gasteiger partial charge in [-0.1, -0.05) is 42.5 Å². The lowest BCUT2D eigenvalue weighted by Crippen LogP contribution is -2.49. The number of nitrogens with one attached hydrogen (secondary N) is 1. The number of aryl methyl sites for hydroxylation is 1. The molecule has 4 rings (SSSR count). The van der Waals surface area contributed by atoms with Crippen molar-refractivity contribution in [3.8, 4) is 0 Å². The maximum absolute atomic E-state index is 12.9. The summed E-state index contributed by atoms with van der Waals surface area (Å²) in [7, 11) is 2.12. The summed E-state index contributed by atoms with van der Waals surface area (Å²) in [6.45, 7) is 2.56. The third kappa shape index (κ3) is 3.48. The molecule has 134 valence electrons. The van der Waals surface area contributed by atoms with Crippen molar-refractivity contribution in [2.24, 2.45) is 0 Å². The molecule has 0 radical (unpaired) electrons. The Bertz CT molecular complexity index is 856. The van der Waals surface area contributed by atoms with Gasteiger partial charge in [-0.15, -0.1) is 0 Å². The zero-order valence-electron chi connectivity index (χ0n) is 15.1. The number of hydrogen-bond acceptors (Lipinski definition) is 3. The van der Waals surface area contributed by atoms with Crippen LogP contribution in [0.3, 0.4) is 0 Å². The van der Waals surface area contributed by atoms with E-state index in [1.807, 2.05) is 47.4 Å². The number of nitrogens with zero attached hydrogens (tertiary/aromatic N) is 3. The average Bonchev–Trinajstić information content (AvgIpc) is 3.10. The molecule has 5 heteroatoms. The normalized spacial score (nSPS) is 18.3. The summed E-state index contributed by atoms with van der Waals surface area (Å²) in [5.41, 5.74) is 3.18. The number of likely N-dealkylation sites (N-methyl/N-ethyl adjacent to an activating group) is 1. The second kappa shape index (κ2) is 7.30. The Morgan fingerprint density at radius 3 is 2.69 bits per heavy atom. The molecule has 5 nitrogen and oxygen atoms in total. The van der Waals surface area contributed by atoms with Gasteiger partial charge < -0.3 is 14.8 Å². The van der Waals surface area contributed by atoms with E-state index in [4.69, 9.17) is 0 Å². The fourth-order valence-corrected chi connectivity index (χ4v) is 3.67. The fraction of sp³-hybridized carbons (Fsp3) is 0.333. The van der Waals surface area contributed by atoms with E-state index in [0.29, 0.717) is 12.8 Å². The number of rotatable bonds is 4. The summed E-state index contributed by atoms with van der Waals surface area (Å²) < 4.78 is 0. The molecule has 0 bridgehead atoms. The summed E-state index contributed by atoms with van der Waals surface area (Å²) in [5.74, 6) is 1.08. The van der Waals surface area contributed by atoms with Gasteiger partial charge in [0.15, 0.2) is 0 Å². The first-order chi connectivity index (χ1) is 12.7. The highest BCUT2D eigenvalue weighted by Gasteiger charge is 2.29. The van der Waals surface area contributed by atoms with Gasteiger partial charge in [0.25, 0.3) is 0 Å². The molecule has 0 saturated carbocycles. The number of carbonyl (C=O) groups is 1. The summed E-state index contributed by atoms with van der Waals surface area (Å²) >= 11 is 0. The molecule has 0 aliphatic carbocycles. The van der Waals surface area contributed by atoms with Crippen LogP contribution >= 0.6 is 0 Å². The number of imidazole rings is 1. The number of hydrogen-bond donors (Lipinski definition) is 1. The van der Waals surface area contributed by atoms with Gasteiger partial charge in [0, 0.05) is 32.5 Å². The maximum atomic E-state index is 12.9. The molecule has 2 aromatic carbocycles. The van der Waals surface area contributed by atoms with E-state index in [-0.39, 0.29) is 11.9 Å². The molecule has 1 aliphatic rings. The molecule has 26 heavy (non-hydrogen) atoms. The lowest BCUT2D eigenvalue weighted by molar-refractivity contribution is -0.136. The van der Waals surface area contributed by atoms with E-state index in [2.05, 4.69) is 34.0 Å². The van der Waals surface area contributed by atoms with Gasteiger partial charge in [-0.2, -0.15) is 0 Å². The van der Waals surface area contributed by atoms with Gasteiger partial charge in [-0.3, -0.25) is 4.79 Å². The molecule has 1 amide bonds. The third-order valence-corrected chi connectivity index (χ3v) is 5.10. The topological polar surface area (TPSA) is 52.2 Å². The SMILES string of the molecule is CN1CCN(C(=O)CCc2nc3ccccc3[nH]2)[C@H](c2ccccc2)C1. The van der Waals surface area contributed by atoms with Crippen LogP contribution in [-0.4, -0.2) is 52.4 Å². The summed E-state index contributed by atoms with van der Waals surface area (Å²) in [6.07, 6.45) is 1.12. The van der Waals surface area contributed by atoms with Crippen molar-refractivity contribution in [1.29, 1.82) is 0 Å². The van der Waals surface area contributed by atoms with Crippen LogP contribution in [0.25, 0.3) is 11.0 Å². The molecule has 1 aromatic heterocycles. The van der Waals surface area contributed by atoms with Gasteiger partial charge >= 0.3 is 0 Å². The zero-order chi connectivity index (χ0) is 17.9. The van der Waals surface area contributed by atoms with Gasteiger partial charge in [0.05, 0.1) is 17.1 Å². The van der Waals surface area contributed by atoms with Crippen molar-refractivity contribution in [2.75, 3.05) is 26.7 Å². The van der Waals surface area contributed by atoms with Crippen molar-refractivity contribution in [2.45, 2.75) is 18.9 Å². The first-order valence-electron chi connectivity index (χ1n) is 9.17. The molecule has 2 heterocycles. The molecule has 1 atom stereocenters. The van der Waals surface area contributed by atoms with Crippen molar-refractivity contribution in [1.82, 2.24) is 19.8 Å². The number of para-hydroxylation sites is 2. The average molecular weight is 348 g/mol. The highest BCUT2D eigenvalue weighted by atomic mass is 16.2. The van der Waals surface area contributed by atoms with E-state index < -0.39 is 0 Å². The van der Waals surface area contributed by atoms with E-state index in [0.717, 1.165) is 36.5 Å². The Kier molecular flexibility index (Phi) is 4.71. The van der Waals surface area contributed by atoms with Crippen molar-refractivity contribution in [3.05, 3.63) is 66.0 Å². The number of H-pyrrole nitrogens is 1. The Hall–Kier alpha value is -2.66. The molecule has 0 unspecified atom stereocenters. The Balaban J connectivity index is 1.46. The maximum Gasteiger partial charge on any atom is 0.223 e. The van der Waals surface area contributed by atoms with Crippen LogP contribution in [0.15, 0.2) is 54.6 Å². The molecule has 3 aromatic rings. The van der Waals surface area contributed by atoms with E-state index in [1.165, 1.54) is 5.56 Å². The first kappa shape index (κ1) is 16.8. The summed E-state index contributed by atoms with van der Waals surface area (Å²) in [4.78, 5) is 25.2. The second-order valence-electron chi connectivity index (χ2n) is 6.98. The molecule has 0 spiro atoms. The lowest BCUT2D eigenvalue weighted by atomic mass is 10.0. The fourth-order valence-electron chi connectivity index (χ4n) is 3.67. The number of fused-ring (bicyclic) bond motifs is 1. The molecule has 1 fully saturated rings.